The molecule has 0 aromatic heterocycles. The van der Waals surface area contributed by atoms with Crippen LogP contribution in [-0.2, 0) is 9.53 Å². The van der Waals surface area contributed by atoms with Crippen molar-refractivity contribution in [1.82, 2.24) is 0 Å². The van der Waals surface area contributed by atoms with Crippen molar-refractivity contribution in [1.29, 1.82) is 0 Å². The highest BCUT2D eigenvalue weighted by Crippen LogP contribution is 2.46. The first kappa shape index (κ1) is 12.7. The molecule has 0 spiro atoms. The van der Waals surface area contributed by atoms with Crippen LogP contribution in [0.25, 0.3) is 0 Å². The molecule has 0 heterocycles. The van der Waals surface area contributed by atoms with Gasteiger partial charge in [0, 0.05) is 0 Å². The summed E-state index contributed by atoms with van der Waals surface area (Å²) in [5.74, 6) is 0. The zero-order valence-electron chi connectivity index (χ0n) is 10.5. The van der Waals surface area contributed by atoms with Gasteiger partial charge in [-0.3, -0.25) is 0 Å². The summed E-state index contributed by atoms with van der Waals surface area (Å²) in [6.45, 7) is 9.33. The van der Waals surface area contributed by atoms with Gasteiger partial charge < -0.3 is 4.12 Å². The molecule has 0 saturated carbocycles. The normalized spacial score (nSPS) is 13.9. The van der Waals surface area contributed by atoms with E-state index in [0.29, 0.717) is 5.04 Å². The molecule has 0 saturated heterocycles. The molecule has 1 aromatic rings. The molecular weight excluding hydrogens is 216 g/mol. The minimum Gasteiger partial charge on any atom is -0.468 e. The van der Waals surface area contributed by atoms with Crippen LogP contribution in [0.4, 0.5) is 0 Å². The van der Waals surface area contributed by atoms with Crippen LogP contribution in [0.15, 0.2) is 30.3 Å². The van der Waals surface area contributed by atoms with Crippen molar-refractivity contribution in [3.63, 3.8) is 0 Å². The van der Waals surface area contributed by atoms with E-state index < -0.39 is 9.76 Å². The van der Waals surface area contributed by atoms with Gasteiger partial charge >= 0.3 is 0 Å². The van der Waals surface area contributed by atoms with E-state index in [4.69, 9.17) is 4.12 Å². The average molecular weight is 238 g/mol. The minimum absolute atomic E-state index is 0.199. The molecule has 15 heavy (non-hydrogen) atoms. The maximum absolute atomic E-state index is 5.59. The number of rotatable bonds is 4. The lowest BCUT2D eigenvalue weighted by Gasteiger charge is -2.41. The predicted octanol–water partition coefficient (Wildman–Crippen LogP) is 1.54. The van der Waals surface area contributed by atoms with Crippen LogP contribution in [0, 0.1) is 0 Å². The van der Waals surface area contributed by atoms with Gasteiger partial charge in [0.1, 0.15) is 10.5 Å². The number of hydrogen-bond donors (Lipinski definition) is 0. The third-order valence-corrected chi connectivity index (χ3v) is 6.45. The van der Waals surface area contributed by atoms with Crippen LogP contribution >= 0.6 is 0 Å². The second-order valence-corrected chi connectivity index (χ2v) is 9.67. The molecule has 0 bridgehead atoms. The van der Waals surface area contributed by atoms with E-state index in [1.165, 1.54) is 5.56 Å². The molecule has 1 aromatic carbocycles. The smallest absolute Gasteiger partial charge is 0.152 e. The van der Waals surface area contributed by atoms with E-state index in [-0.39, 0.29) is 5.41 Å². The van der Waals surface area contributed by atoms with Gasteiger partial charge in [0.25, 0.3) is 0 Å². The van der Waals surface area contributed by atoms with Crippen LogP contribution in [0.1, 0.15) is 33.3 Å². The second kappa shape index (κ2) is 4.64. The Morgan fingerprint density at radius 3 is 2.07 bits per heavy atom. The van der Waals surface area contributed by atoms with Gasteiger partial charge in [-0.05, 0) is 16.0 Å². The Bertz CT molecular complexity index is 307. The van der Waals surface area contributed by atoms with Crippen molar-refractivity contribution >= 4 is 20.2 Å². The molecule has 0 aliphatic heterocycles. The number of benzene rings is 1. The largest absolute Gasteiger partial charge is 0.468 e. The fraction of sp³-hybridized carbons (Fsp3) is 0.500. The summed E-state index contributed by atoms with van der Waals surface area (Å²) < 4.78 is 5.59. The molecule has 0 aliphatic carbocycles. The van der Waals surface area contributed by atoms with Crippen molar-refractivity contribution < 1.29 is 4.12 Å². The van der Waals surface area contributed by atoms with Crippen LogP contribution in [0.2, 0.25) is 5.04 Å². The van der Waals surface area contributed by atoms with Gasteiger partial charge in [0.15, 0.2) is 9.76 Å². The Kier molecular flexibility index (Phi) is 3.92. The van der Waals surface area contributed by atoms with Crippen LogP contribution in [-0.4, -0.2) is 20.2 Å². The molecule has 1 rings (SSSR count). The standard InChI is InChI=1S/C12H22OSi2/c1-11(2,12(3,4)15-13-14)10-8-6-5-7-9-10/h5-9H,15H2,1-4,14H3. The summed E-state index contributed by atoms with van der Waals surface area (Å²) in [4.78, 5) is 0. The van der Waals surface area contributed by atoms with Gasteiger partial charge in [-0.1, -0.05) is 58.0 Å². The van der Waals surface area contributed by atoms with Gasteiger partial charge in [-0.2, -0.15) is 0 Å². The van der Waals surface area contributed by atoms with Crippen molar-refractivity contribution in [2.75, 3.05) is 0 Å². The van der Waals surface area contributed by atoms with Crippen LogP contribution in [0.3, 0.4) is 0 Å². The first-order valence-electron chi connectivity index (χ1n) is 5.46. The van der Waals surface area contributed by atoms with E-state index in [1.54, 1.807) is 0 Å². The quantitative estimate of drug-likeness (QED) is 0.723. The van der Waals surface area contributed by atoms with Gasteiger partial charge in [-0.15, -0.1) is 0 Å². The monoisotopic (exact) mass is 238 g/mol. The van der Waals surface area contributed by atoms with E-state index in [9.17, 15) is 0 Å². The molecule has 0 N–H and O–H groups in total. The summed E-state index contributed by atoms with van der Waals surface area (Å²) in [6, 6.07) is 10.8. The van der Waals surface area contributed by atoms with Gasteiger partial charge in [0.05, 0.1) is 0 Å². The summed E-state index contributed by atoms with van der Waals surface area (Å²) in [5.41, 5.74) is 1.62. The Morgan fingerprint density at radius 2 is 1.60 bits per heavy atom. The van der Waals surface area contributed by atoms with Crippen LogP contribution in [0.5, 0.6) is 0 Å². The molecule has 84 valence electrons. The molecule has 0 fully saturated rings. The lowest BCUT2D eigenvalue weighted by molar-refractivity contribution is 0.365. The molecule has 0 atom stereocenters. The maximum atomic E-state index is 5.59. The zero-order valence-corrected chi connectivity index (χ0v) is 13.9. The average Bonchev–Trinajstić information content (AvgIpc) is 2.19. The molecule has 0 amide bonds. The molecular formula is C12H22OSi2. The lowest BCUT2D eigenvalue weighted by Crippen LogP contribution is -2.36. The van der Waals surface area contributed by atoms with Crippen LogP contribution < -0.4 is 0 Å². The van der Waals surface area contributed by atoms with E-state index in [0.717, 1.165) is 10.5 Å². The topological polar surface area (TPSA) is 9.23 Å². The van der Waals surface area contributed by atoms with Crippen molar-refractivity contribution in [3.8, 4) is 0 Å². The Balaban J connectivity index is 3.01. The van der Waals surface area contributed by atoms with Crippen molar-refractivity contribution in [2.24, 2.45) is 0 Å². The van der Waals surface area contributed by atoms with E-state index >= 15 is 0 Å². The minimum atomic E-state index is -0.437. The summed E-state index contributed by atoms with van der Waals surface area (Å²) >= 11 is 0. The fourth-order valence-corrected chi connectivity index (χ4v) is 5.24. The Morgan fingerprint density at radius 1 is 1.07 bits per heavy atom. The lowest BCUT2D eigenvalue weighted by atomic mass is 9.74. The molecule has 3 heteroatoms. The fourth-order valence-electron chi connectivity index (χ4n) is 1.79. The molecule has 0 unspecified atom stereocenters. The first-order chi connectivity index (χ1) is 6.92. The Labute approximate surface area is 98.7 Å². The molecule has 1 nitrogen and oxygen atoms in total. The summed E-state index contributed by atoms with van der Waals surface area (Å²) in [6.07, 6.45) is 0. The van der Waals surface area contributed by atoms with Crippen molar-refractivity contribution in [2.45, 2.75) is 38.1 Å². The SMILES string of the molecule is CC(C)([SiH2]O[SiH3])C(C)(C)c1ccccc1. The molecule has 0 radical (unpaired) electrons. The Hall–Kier alpha value is -0.386. The summed E-state index contributed by atoms with van der Waals surface area (Å²) in [7, 11) is 0.441. The second-order valence-electron chi connectivity index (χ2n) is 5.31. The van der Waals surface area contributed by atoms with Crippen molar-refractivity contribution in [3.05, 3.63) is 35.9 Å². The third kappa shape index (κ3) is 2.59. The first-order valence-corrected chi connectivity index (χ1v) is 7.56. The third-order valence-electron chi connectivity index (χ3n) is 3.69. The van der Waals surface area contributed by atoms with E-state index in [2.05, 4.69) is 58.0 Å². The van der Waals surface area contributed by atoms with E-state index in [1.807, 2.05) is 0 Å². The highest BCUT2D eigenvalue weighted by atomic mass is 28.3. The van der Waals surface area contributed by atoms with Gasteiger partial charge in [-0.25, -0.2) is 0 Å². The van der Waals surface area contributed by atoms with Gasteiger partial charge in [0.2, 0.25) is 0 Å². The molecule has 0 aliphatic rings. The summed E-state index contributed by atoms with van der Waals surface area (Å²) in [5, 5.41) is 0.302. The predicted molar refractivity (Wildman–Crippen MR) is 73.1 cm³/mol. The highest BCUT2D eigenvalue weighted by Gasteiger charge is 2.38. The highest BCUT2D eigenvalue weighted by molar-refractivity contribution is 6.38. The zero-order chi connectivity index (χ0) is 11.5. The maximum Gasteiger partial charge on any atom is 0.152 e. The number of hydrogen-bond acceptors (Lipinski definition) is 1.